The monoisotopic (exact) mass is 356 g/mol. The second kappa shape index (κ2) is 6.17. The topological polar surface area (TPSA) is 55.2 Å². The van der Waals surface area contributed by atoms with Gasteiger partial charge < -0.3 is 5.32 Å². The Hall–Kier alpha value is -2.02. The van der Waals surface area contributed by atoms with Gasteiger partial charge in [-0.05, 0) is 34.5 Å². The summed E-state index contributed by atoms with van der Waals surface area (Å²) < 4.78 is 27.0. The molecular weight excluding hydrogens is 346 g/mol. The number of anilines is 1. The summed E-state index contributed by atoms with van der Waals surface area (Å²) in [5, 5.41) is 13.5. The average molecular weight is 357 g/mol. The molecule has 0 saturated heterocycles. The molecule has 7 heteroatoms. The number of hydrogen-bond donors (Lipinski definition) is 1. The fourth-order valence-electron chi connectivity index (χ4n) is 1.86. The molecule has 2 aromatic rings. The molecule has 0 aliphatic rings. The summed E-state index contributed by atoms with van der Waals surface area (Å²) in [6.07, 6.45) is 0. The van der Waals surface area contributed by atoms with E-state index >= 15 is 0 Å². The Balaban J connectivity index is 2.22. The Bertz CT molecular complexity index is 654. The second-order valence-electron chi connectivity index (χ2n) is 4.46. The van der Waals surface area contributed by atoms with Crippen molar-refractivity contribution in [2.24, 2.45) is 0 Å². The predicted molar refractivity (Wildman–Crippen MR) is 79.2 cm³/mol. The first-order valence-corrected chi connectivity index (χ1v) is 6.83. The van der Waals surface area contributed by atoms with E-state index in [4.69, 9.17) is 0 Å². The third-order valence-corrected chi connectivity index (χ3v) is 3.60. The molecular formula is C14H11BrF2N2O2. The van der Waals surface area contributed by atoms with Crippen molar-refractivity contribution >= 4 is 27.3 Å². The van der Waals surface area contributed by atoms with Crippen molar-refractivity contribution in [2.45, 2.75) is 13.0 Å². The SMILES string of the molecule is CC(Nc1c(F)cc(F)cc1Br)c1ccc([N+](=O)[O-])cc1. The molecule has 0 spiro atoms. The van der Waals surface area contributed by atoms with Crippen molar-refractivity contribution in [3.8, 4) is 0 Å². The highest BCUT2D eigenvalue weighted by molar-refractivity contribution is 9.10. The van der Waals surface area contributed by atoms with Gasteiger partial charge in [0.2, 0.25) is 0 Å². The molecule has 0 aromatic heterocycles. The molecule has 1 unspecified atom stereocenters. The van der Waals surface area contributed by atoms with Gasteiger partial charge in [-0.15, -0.1) is 0 Å². The number of non-ortho nitro benzene ring substituents is 1. The summed E-state index contributed by atoms with van der Waals surface area (Å²) in [4.78, 5) is 10.1. The molecule has 0 amide bonds. The number of nitrogens with zero attached hydrogens (tertiary/aromatic N) is 1. The van der Waals surface area contributed by atoms with Gasteiger partial charge in [0.15, 0.2) is 0 Å². The smallest absolute Gasteiger partial charge is 0.269 e. The lowest BCUT2D eigenvalue weighted by Gasteiger charge is -2.17. The van der Waals surface area contributed by atoms with E-state index in [9.17, 15) is 18.9 Å². The van der Waals surface area contributed by atoms with Gasteiger partial charge in [0.05, 0.1) is 10.6 Å². The zero-order valence-electron chi connectivity index (χ0n) is 10.9. The van der Waals surface area contributed by atoms with Crippen LogP contribution in [0, 0.1) is 21.7 Å². The maximum absolute atomic E-state index is 13.7. The maximum atomic E-state index is 13.7. The molecule has 110 valence electrons. The average Bonchev–Trinajstić information content (AvgIpc) is 2.42. The van der Waals surface area contributed by atoms with Crippen LogP contribution in [0.3, 0.4) is 0 Å². The molecule has 2 aromatic carbocycles. The lowest BCUT2D eigenvalue weighted by atomic mass is 10.1. The van der Waals surface area contributed by atoms with Gasteiger partial charge in [0, 0.05) is 28.7 Å². The second-order valence-corrected chi connectivity index (χ2v) is 5.31. The van der Waals surface area contributed by atoms with Crippen molar-refractivity contribution < 1.29 is 13.7 Å². The Morgan fingerprint density at radius 1 is 1.24 bits per heavy atom. The molecule has 0 heterocycles. The molecule has 0 aliphatic heterocycles. The summed E-state index contributed by atoms with van der Waals surface area (Å²) >= 11 is 3.10. The third kappa shape index (κ3) is 3.55. The highest BCUT2D eigenvalue weighted by Gasteiger charge is 2.14. The lowest BCUT2D eigenvalue weighted by Crippen LogP contribution is -2.09. The van der Waals surface area contributed by atoms with Crippen LogP contribution in [0.25, 0.3) is 0 Å². The Morgan fingerprint density at radius 2 is 1.86 bits per heavy atom. The standard InChI is InChI=1S/C14H11BrF2N2O2/c1-8(9-2-4-11(5-3-9)19(20)21)18-14-12(15)6-10(16)7-13(14)17/h2-8,18H,1H3. The number of hydrogen-bond acceptors (Lipinski definition) is 3. The van der Waals surface area contributed by atoms with Crippen molar-refractivity contribution in [1.29, 1.82) is 0 Å². The van der Waals surface area contributed by atoms with E-state index in [2.05, 4.69) is 21.2 Å². The van der Waals surface area contributed by atoms with E-state index < -0.39 is 16.6 Å². The summed E-state index contributed by atoms with van der Waals surface area (Å²) in [6.45, 7) is 1.77. The maximum Gasteiger partial charge on any atom is 0.269 e. The molecule has 2 rings (SSSR count). The van der Waals surface area contributed by atoms with Crippen molar-refractivity contribution in [1.82, 2.24) is 0 Å². The number of rotatable bonds is 4. The lowest BCUT2D eigenvalue weighted by molar-refractivity contribution is -0.384. The molecule has 0 fully saturated rings. The summed E-state index contributed by atoms with van der Waals surface area (Å²) in [6, 6.07) is 7.58. The van der Waals surface area contributed by atoms with Gasteiger partial charge in [-0.1, -0.05) is 12.1 Å². The van der Waals surface area contributed by atoms with Crippen molar-refractivity contribution in [3.63, 3.8) is 0 Å². The number of nitro benzene ring substituents is 1. The first-order valence-electron chi connectivity index (χ1n) is 6.04. The molecule has 1 N–H and O–H groups in total. The van der Waals surface area contributed by atoms with Crippen LogP contribution in [0.2, 0.25) is 0 Å². The molecule has 0 radical (unpaired) electrons. The van der Waals surface area contributed by atoms with Gasteiger partial charge in [-0.25, -0.2) is 8.78 Å². The van der Waals surface area contributed by atoms with E-state index in [1.165, 1.54) is 12.1 Å². The first kappa shape index (κ1) is 15.4. The minimum atomic E-state index is -0.712. The summed E-state index contributed by atoms with van der Waals surface area (Å²) in [5.74, 6) is -1.39. The number of nitrogens with one attached hydrogen (secondary N) is 1. The minimum Gasteiger partial charge on any atom is -0.375 e. The van der Waals surface area contributed by atoms with Crippen LogP contribution in [-0.2, 0) is 0 Å². The Kier molecular flexibility index (Phi) is 4.52. The van der Waals surface area contributed by atoms with E-state index in [1.807, 2.05) is 0 Å². The van der Waals surface area contributed by atoms with Gasteiger partial charge in [0.1, 0.15) is 11.6 Å². The highest BCUT2D eigenvalue weighted by Crippen LogP contribution is 2.30. The molecule has 0 aliphatic carbocycles. The van der Waals surface area contributed by atoms with Gasteiger partial charge in [-0.3, -0.25) is 10.1 Å². The van der Waals surface area contributed by atoms with Crippen LogP contribution in [-0.4, -0.2) is 4.92 Å². The quantitative estimate of drug-likeness (QED) is 0.631. The zero-order chi connectivity index (χ0) is 15.6. The van der Waals surface area contributed by atoms with Crippen LogP contribution < -0.4 is 5.32 Å². The minimum absolute atomic E-state index is 0.0138. The summed E-state index contributed by atoms with van der Waals surface area (Å²) in [5.41, 5.74) is 0.874. The van der Waals surface area contributed by atoms with Crippen LogP contribution in [0.4, 0.5) is 20.2 Å². The molecule has 21 heavy (non-hydrogen) atoms. The van der Waals surface area contributed by atoms with Crippen molar-refractivity contribution in [3.05, 3.63) is 68.2 Å². The van der Waals surface area contributed by atoms with Crippen LogP contribution in [0.1, 0.15) is 18.5 Å². The molecule has 0 saturated carbocycles. The van der Waals surface area contributed by atoms with Crippen LogP contribution in [0.15, 0.2) is 40.9 Å². The van der Waals surface area contributed by atoms with E-state index in [0.29, 0.717) is 0 Å². The predicted octanol–water partition coefficient (Wildman–Crippen LogP) is 4.81. The van der Waals surface area contributed by atoms with E-state index in [0.717, 1.165) is 17.7 Å². The number of benzene rings is 2. The number of halogens is 3. The van der Waals surface area contributed by atoms with Crippen molar-refractivity contribution in [2.75, 3.05) is 5.32 Å². The zero-order valence-corrected chi connectivity index (χ0v) is 12.5. The molecule has 1 atom stereocenters. The van der Waals surface area contributed by atoms with Gasteiger partial charge in [0.25, 0.3) is 5.69 Å². The fraction of sp³-hybridized carbons (Fsp3) is 0.143. The van der Waals surface area contributed by atoms with Crippen LogP contribution in [0.5, 0.6) is 0 Å². The molecule has 0 bridgehead atoms. The third-order valence-electron chi connectivity index (χ3n) is 2.97. The Morgan fingerprint density at radius 3 is 2.38 bits per heavy atom. The van der Waals surface area contributed by atoms with E-state index in [1.54, 1.807) is 19.1 Å². The number of nitro groups is 1. The summed E-state index contributed by atoms with van der Waals surface area (Å²) in [7, 11) is 0. The molecule has 4 nitrogen and oxygen atoms in total. The fourth-order valence-corrected chi connectivity index (χ4v) is 2.39. The largest absolute Gasteiger partial charge is 0.375 e. The van der Waals surface area contributed by atoms with Gasteiger partial charge in [-0.2, -0.15) is 0 Å². The normalized spacial score (nSPS) is 12.0. The highest BCUT2D eigenvalue weighted by atomic mass is 79.9. The first-order chi connectivity index (χ1) is 9.88. The van der Waals surface area contributed by atoms with Gasteiger partial charge >= 0.3 is 0 Å². The van der Waals surface area contributed by atoms with E-state index in [-0.39, 0.29) is 21.9 Å². The van der Waals surface area contributed by atoms with Crippen LogP contribution >= 0.6 is 15.9 Å². The Labute approximate surface area is 128 Å².